The van der Waals surface area contributed by atoms with E-state index >= 15 is 0 Å². The Bertz CT molecular complexity index is 1180. The van der Waals surface area contributed by atoms with Gasteiger partial charge in [0.25, 0.3) is 0 Å². The Balaban J connectivity index is 1.67. The van der Waals surface area contributed by atoms with Gasteiger partial charge in [0.15, 0.2) is 0 Å². The molecule has 7 heteroatoms. The van der Waals surface area contributed by atoms with Crippen LogP contribution in [0, 0.1) is 6.92 Å². The van der Waals surface area contributed by atoms with E-state index in [1.54, 1.807) is 4.68 Å². The first-order chi connectivity index (χ1) is 13.5. The molecule has 0 aliphatic heterocycles. The summed E-state index contributed by atoms with van der Waals surface area (Å²) in [5.41, 5.74) is 4.11. The lowest BCUT2D eigenvalue weighted by molar-refractivity contribution is 0.306. The molecule has 0 unspecified atom stereocenters. The van der Waals surface area contributed by atoms with Gasteiger partial charge >= 0.3 is 5.63 Å². The van der Waals surface area contributed by atoms with Crippen molar-refractivity contribution in [1.82, 2.24) is 20.2 Å². The summed E-state index contributed by atoms with van der Waals surface area (Å²) >= 11 is 0. The fourth-order valence-corrected chi connectivity index (χ4v) is 3.29. The van der Waals surface area contributed by atoms with Crippen LogP contribution >= 0.6 is 0 Å². The summed E-state index contributed by atoms with van der Waals surface area (Å²) in [6, 6.07) is 13.0. The second-order valence-corrected chi connectivity index (χ2v) is 6.99. The van der Waals surface area contributed by atoms with Crippen LogP contribution in [0.5, 0.6) is 5.75 Å². The van der Waals surface area contributed by atoms with Crippen molar-refractivity contribution in [2.75, 3.05) is 0 Å². The van der Waals surface area contributed by atoms with Crippen molar-refractivity contribution in [3.05, 3.63) is 75.9 Å². The molecule has 0 amide bonds. The van der Waals surface area contributed by atoms with Crippen molar-refractivity contribution in [2.45, 2.75) is 33.3 Å². The summed E-state index contributed by atoms with van der Waals surface area (Å²) in [5, 5.41) is 12.1. The third-order valence-electron chi connectivity index (χ3n) is 4.66. The summed E-state index contributed by atoms with van der Waals surface area (Å²) in [6.07, 6.45) is 1.52. The molecule has 0 aliphatic rings. The van der Waals surface area contributed by atoms with Gasteiger partial charge in [-0.3, -0.25) is 0 Å². The molecule has 0 aliphatic carbocycles. The second kappa shape index (κ2) is 7.26. The number of fused-ring (bicyclic) bond motifs is 1. The molecule has 4 aromatic rings. The maximum atomic E-state index is 12.0. The molecule has 4 rings (SSSR count). The van der Waals surface area contributed by atoms with Gasteiger partial charge < -0.3 is 9.15 Å². The SMILES string of the molecule is Cc1cc2oc(=O)cc(COc3cccc(-n4cnnn4)c3)c2cc1C(C)C. The number of hydrogen-bond acceptors (Lipinski definition) is 6. The van der Waals surface area contributed by atoms with Crippen LogP contribution in [0.1, 0.15) is 36.5 Å². The number of ether oxygens (including phenoxy) is 1. The van der Waals surface area contributed by atoms with Crippen molar-refractivity contribution < 1.29 is 9.15 Å². The normalized spacial score (nSPS) is 11.3. The molecule has 2 aromatic carbocycles. The molecule has 7 nitrogen and oxygen atoms in total. The van der Waals surface area contributed by atoms with Gasteiger partial charge in [0.05, 0.1) is 5.69 Å². The highest BCUT2D eigenvalue weighted by atomic mass is 16.5. The number of aromatic nitrogens is 4. The lowest BCUT2D eigenvalue weighted by atomic mass is 9.95. The minimum Gasteiger partial charge on any atom is -0.489 e. The summed E-state index contributed by atoms with van der Waals surface area (Å²) < 4.78 is 12.9. The maximum Gasteiger partial charge on any atom is 0.336 e. The number of nitrogens with zero attached hydrogens (tertiary/aromatic N) is 4. The molecule has 142 valence electrons. The van der Waals surface area contributed by atoms with Crippen LogP contribution < -0.4 is 10.4 Å². The first kappa shape index (κ1) is 17.9. The van der Waals surface area contributed by atoms with Gasteiger partial charge in [-0.2, -0.15) is 0 Å². The third kappa shape index (κ3) is 3.51. The molecule has 0 saturated carbocycles. The molecule has 2 heterocycles. The fraction of sp³-hybridized carbons (Fsp3) is 0.238. The highest BCUT2D eigenvalue weighted by Gasteiger charge is 2.12. The molecule has 0 N–H and O–H groups in total. The smallest absolute Gasteiger partial charge is 0.336 e. The highest BCUT2D eigenvalue weighted by Crippen LogP contribution is 2.27. The van der Waals surface area contributed by atoms with Crippen LogP contribution in [0.4, 0.5) is 0 Å². The zero-order valence-corrected chi connectivity index (χ0v) is 15.9. The largest absolute Gasteiger partial charge is 0.489 e. The van der Waals surface area contributed by atoms with Gasteiger partial charge in [0.1, 0.15) is 24.3 Å². The summed E-state index contributed by atoms with van der Waals surface area (Å²) in [5.74, 6) is 1.03. The lowest BCUT2D eigenvalue weighted by Gasteiger charge is -2.13. The number of aryl methyl sites for hydroxylation is 1. The van der Waals surface area contributed by atoms with Crippen molar-refractivity contribution in [2.24, 2.45) is 0 Å². The van der Waals surface area contributed by atoms with E-state index < -0.39 is 0 Å². The predicted octanol–water partition coefficient (Wildman–Crippen LogP) is 3.78. The molecule has 2 aromatic heterocycles. The van der Waals surface area contributed by atoms with E-state index in [-0.39, 0.29) is 12.2 Å². The minimum atomic E-state index is -0.384. The van der Waals surface area contributed by atoms with Gasteiger partial charge in [0, 0.05) is 23.1 Å². The standard InChI is InChI=1S/C21H20N4O3/c1-13(2)18-10-19-15(8-21(26)28-20(19)7-14(18)3)11-27-17-6-4-5-16(9-17)25-12-22-23-24-25/h4-10,12-13H,11H2,1-3H3. The Morgan fingerprint density at radius 1 is 1.18 bits per heavy atom. The van der Waals surface area contributed by atoms with Crippen LogP contribution in [0.25, 0.3) is 16.7 Å². The number of benzene rings is 2. The van der Waals surface area contributed by atoms with E-state index in [0.29, 0.717) is 17.3 Å². The Morgan fingerprint density at radius 2 is 2.04 bits per heavy atom. The number of hydrogen-bond donors (Lipinski definition) is 0. The Hall–Kier alpha value is -3.48. The van der Waals surface area contributed by atoms with Crippen molar-refractivity contribution >= 4 is 11.0 Å². The topological polar surface area (TPSA) is 83.0 Å². The molecule has 28 heavy (non-hydrogen) atoms. The average Bonchev–Trinajstić information content (AvgIpc) is 3.20. The zero-order chi connectivity index (χ0) is 19.7. The van der Waals surface area contributed by atoms with Crippen molar-refractivity contribution in [3.8, 4) is 11.4 Å². The zero-order valence-electron chi connectivity index (χ0n) is 15.9. The Labute approximate surface area is 161 Å². The van der Waals surface area contributed by atoms with Crippen LogP contribution in [-0.4, -0.2) is 20.2 Å². The minimum absolute atomic E-state index is 0.252. The van der Waals surface area contributed by atoms with E-state index in [4.69, 9.17) is 9.15 Å². The van der Waals surface area contributed by atoms with Crippen LogP contribution in [-0.2, 0) is 6.61 Å². The van der Waals surface area contributed by atoms with Gasteiger partial charge in [-0.25, -0.2) is 9.48 Å². The molecule has 0 bridgehead atoms. The summed E-state index contributed by atoms with van der Waals surface area (Å²) in [7, 11) is 0. The van der Waals surface area contributed by atoms with E-state index in [0.717, 1.165) is 22.2 Å². The van der Waals surface area contributed by atoms with E-state index in [1.165, 1.54) is 18.0 Å². The summed E-state index contributed by atoms with van der Waals surface area (Å²) in [4.78, 5) is 12.0. The lowest BCUT2D eigenvalue weighted by Crippen LogP contribution is -2.05. The quantitative estimate of drug-likeness (QED) is 0.493. The van der Waals surface area contributed by atoms with Gasteiger partial charge in [-0.15, -0.1) is 5.10 Å². The van der Waals surface area contributed by atoms with E-state index in [2.05, 4.69) is 35.4 Å². The van der Waals surface area contributed by atoms with Crippen molar-refractivity contribution in [3.63, 3.8) is 0 Å². The number of tetrazole rings is 1. The van der Waals surface area contributed by atoms with E-state index in [1.807, 2.05) is 37.3 Å². The summed E-state index contributed by atoms with van der Waals surface area (Å²) in [6.45, 7) is 6.58. The predicted molar refractivity (Wildman–Crippen MR) is 105 cm³/mol. The second-order valence-electron chi connectivity index (χ2n) is 6.99. The average molecular weight is 376 g/mol. The van der Waals surface area contributed by atoms with Crippen LogP contribution in [0.2, 0.25) is 0 Å². The first-order valence-corrected chi connectivity index (χ1v) is 9.05. The Kier molecular flexibility index (Phi) is 4.65. The molecule has 0 spiro atoms. The van der Waals surface area contributed by atoms with Crippen LogP contribution in [0.15, 0.2) is 58.0 Å². The first-order valence-electron chi connectivity index (χ1n) is 9.05. The third-order valence-corrected chi connectivity index (χ3v) is 4.66. The molecular formula is C21H20N4O3. The highest BCUT2D eigenvalue weighted by molar-refractivity contribution is 5.82. The van der Waals surface area contributed by atoms with Gasteiger partial charge in [-0.1, -0.05) is 19.9 Å². The molecule has 0 fully saturated rings. The monoisotopic (exact) mass is 376 g/mol. The fourth-order valence-electron chi connectivity index (χ4n) is 3.29. The molecule has 0 atom stereocenters. The molecule has 0 saturated heterocycles. The van der Waals surface area contributed by atoms with Gasteiger partial charge in [0.2, 0.25) is 0 Å². The van der Waals surface area contributed by atoms with Gasteiger partial charge in [-0.05, 0) is 58.7 Å². The van der Waals surface area contributed by atoms with E-state index in [9.17, 15) is 4.79 Å². The Morgan fingerprint density at radius 3 is 2.79 bits per heavy atom. The van der Waals surface area contributed by atoms with Crippen LogP contribution in [0.3, 0.4) is 0 Å². The van der Waals surface area contributed by atoms with Crippen molar-refractivity contribution in [1.29, 1.82) is 0 Å². The molecule has 0 radical (unpaired) electrons. The number of rotatable bonds is 5. The maximum absolute atomic E-state index is 12.0. The molecular weight excluding hydrogens is 356 g/mol.